The summed E-state index contributed by atoms with van der Waals surface area (Å²) in [7, 11) is 0. The lowest BCUT2D eigenvalue weighted by atomic mass is 10.1. The maximum Gasteiger partial charge on any atom is 0.410 e. The number of H-pyrrole nitrogens is 1. The van der Waals surface area contributed by atoms with E-state index in [1.807, 2.05) is 88.0 Å². The fourth-order valence-electron chi connectivity index (χ4n) is 5.19. The number of nitrogens with one attached hydrogen (secondary N) is 1. The molecule has 0 radical (unpaired) electrons. The number of piperazine rings is 1. The largest absolute Gasteiger partial charge is 0.494 e. The van der Waals surface area contributed by atoms with Crippen LogP contribution in [0.5, 0.6) is 5.75 Å². The zero-order valence-corrected chi connectivity index (χ0v) is 26.2. The highest BCUT2D eigenvalue weighted by Gasteiger charge is 2.26. The van der Waals surface area contributed by atoms with Crippen LogP contribution in [0.25, 0.3) is 11.0 Å². The Balaban J connectivity index is 1.22. The first kappa shape index (κ1) is 30.8. The quantitative estimate of drug-likeness (QED) is 0.284. The Morgan fingerprint density at radius 3 is 2.41 bits per heavy atom. The number of hydrogen-bond acceptors (Lipinski definition) is 8. The van der Waals surface area contributed by atoms with E-state index in [-0.39, 0.29) is 12.0 Å². The Kier molecular flexibility index (Phi) is 9.32. The maximum atomic E-state index is 13.4. The molecule has 1 fully saturated rings. The first-order valence-electron chi connectivity index (χ1n) is 15.2. The van der Waals surface area contributed by atoms with Gasteiger partial charge >= 0.3 is 6.09 Å². The van der Waals surface area contributed by atoms with Crippen LogP contribution >= 0.6 is 0 Å². The Labute approximate surface area is 258 Å². The van der Waals surface area contributed by atoms with E-state index in [9.17, 15) is 9.59 Å². The highest BCUT2D eigenvalue weighted by molar-refractivity contribution is 5.94. The summed E-state index contributed by atoms with van der Waals surface area (Å²) in [6.45, 7) is 13.4. The van der Waals surface area contributed by atoms with Crippen molar-refractivity contribution >= 4 is 28.9 Å². The van der Waals surface area contributed by atoms with Crippen LogP contribution in [-0.4, -0.2) is 86.9 Å². The van der Waals surface area contributed by atoms with Gasteiger partial charge in [-0.25, -0.2) is 14.8 Å². The van der Waals surface area contributed by atoms with E-state index in [1.54, 1.807) is 11.1 Å². The minimum Gasteiger partial charge on any atom is -0.494 e. The number of amides is 2. The van der Waals surface area contributed by atoms with Gasteiger partial charge in [-0.05, 0) is 70.0 Å². The average Bonchev–Trinajstić information content (AvgIpc) is 3.48. The first-order chi connectivity index (χ1) is 21.1. The van der Waals surface area contributed by atoms with Gasteiger partial charge in [-0.1, -0.05) is 24.3 Å². The van der Waals surface area contributed by atoms with E-state index in [4.69, 9.17) is 19.4 Å². The number of carbonyl (C=O) groups excluding carboxylic acids is 2. The van der Waals surface area contributed by atoms with Crippen molar-refractivity contribution in [1.29, 1.82) is 0 Å². The van der Waals surface area contributed by atoms with Crippen molar-refractivity contribution in [3.05, 3.63) is 77.2 Å². The van der Waals surface area contributed by atoms with Crippen molar-refractivity contribution < 1.29 is 19.1 Å². The second kappa shape index (κ2) is 13.3. The van der Waals surface area contributed by atoms with E-state index in [1.165, 1.54) is 0 Å². The third-order valence-electron chi connectivity index (χ3n) is 7.38. The fraction of sp³-hybridized carbons (Fsp3) is 0.424. The van der Waals surface area contributed by atoms with Gasteiger partial charge in [0, 0.05) is 51.3 Å². The molecule has 1 aliphatic rings. The van der Waals surface area contributed by atoms with Crippen LogP contribution in [0.3, 0.4) is 0 Å². The summed E-state index contributed by atoms with van der Waals surface area (Å²) in [6.07, 6.45) is 1.97. The van der Waals surface area contributed by atoms with Crippen LogP contribution in [0, 0.1) is 0 Å². The number of aromatic amines is 1. The second-order valence-corrected chi connectivity index (χ2v) is 11.8. The van der Waals surface area contributed by atoms with E-state index < -0.39 is 5.60 Å². The summed E-state index contributed by atoms with van der Waals surface area (Å²) in [5, 5.41) is 8.07. The Morgan fingerprint density at radius 1 is 0.977 bits per heavy atom. The predicted octanol–water partition coefficient (Wildman–Crippen LogP) is 5.06. The number of ether oxygens (including phenoxy) is 2. The van der Waals surface area contributed by atoms with E-state index in [0.717, 1.165) is 28.1 Å². The molecule has 0 spiro atoms. The topological polar surface area (TPSA) is 117 Å². The zero-order valence-electron chi connectivity index (χ0n) is 26.2. The molecule has 5 rings (SSSR count). The van der Waals surface area contributed by atoms with Crippen LogP contribution < -0.4 is 9.64 Å². The molecule has 232 valence electrons. The van der Waals surface area contributed by atoms with Gasteiger partial charge in [0.1, 0.15) is 23.0 Å². The van der Waals surface area contributed by atoms with Crippen molar-refractivity contribution in [2.75, 3.05) is 44.2 Å². The number of benzene rings is 2. The summed E-state index contributed by atoms with van der Waals surface area (Å²) in [5.74, 6) is 2.33. The van der Waals surface area contributed by atoms with Gasteiger partial charge in [0.05, 0.1) is 18.2 Å². The van der Waals surface area contributed by atoms with Crippen LogP contribution in [0.15, 0.2) is 54.7 Å². The molecular formula is C33H41N7O4. The van der Waals surface area contributed by atoms with Crippen molar-refractivity contribution in [3.8, 4) is 5.75 Å². The maximum absolute atomic E-state index is 13.4. The summed E-state index contributed by atoms with van der Waals surface area (Å²) in [4.78, 5) is 41.3. The minimum atomic E-state index is -0.554. The lowest BCUT2D eigenvalue weighted by Crippen LogP contribution is -2.49. The third kappa shape index (κ3) is 7.45. The predicted molar refractivity (Wildman–Crippen MR) is 169 cm³/mol. The van der Waals surface area contributed by atoms with Gasteiger partial charge in [-0.2, -0.15) is 5.10 Å². The van der Waals surface area contributed by atoms with Crippen LogP contribution in [-0.2, 0) is 17.7 Å². The SMILES string of the molecule is CCOc1cccc(Cc2nc(N3CCN(C(=O)c4ccc(CN(CC)C(=O)OC(C)(C)C)cc4)CC3)c3cn[nH]c3n2)c1. The molecule has 44 heavy (non-hydrogen) atoms. The van der Waals surface area contributed by atoms with Crippen molar-refractivity contribution in [1.82, 2.24) is 30.0 Å². The molecule has 11 heteroatoms. The molecule has 1 saturated heterocycles. The summed E-state index contributed by atoms with van der Waals surface area (Å²) >= 11 is 0. The molecule has 2 aromatic carbocycles. The molecule has 0 unspecified atom stereocenters. The lowest BCUT2D eigenvalue weighted by Gasteiger charge is -2.35. The number of hydrogen-bond donors (Lipinski definition) is 1. The van der Waals surface area contributed by atoms with Gasteiger partial charge < -0.3 is 24.2 Å². The third-order valence-corrected chi connectivity index (χ3v) is 7.38. The number of aromatic nitrogens is 4. The normalized spacial score (nSPS) is 13.7. The molecule has 4 aromatic rings. The Morgan fingerprint density at radius 2 is 1.73 bits per heavy atom. The number of rotatable bonds is 9. The van der Waals surface area contributed by atoms with Gasteiger partial charge in [-0.3, -0.25) is 9.89 Å². The minimum absolute atomic E-state index is 0.0123. The molecular weight excluding hydrogens is 558 g/mol. The van der Waals surface area contributed by atoms with Gasteiger partial charge in [0.25, 0.3) is 5.91 Å². The zero-order chi connectivity index (χ0) is 31.3. The van der Waals surface area contributed by atoms with Gasteiger partial charge in [0.15, 0.2) is 5.65 Å². The highest BCUT2D eigenvalue weighted by atomic mass is 16.6. The smallest absolute Gasteiger partial charge is 0.410 e. The summed E-state index contributed by atoms with van der Waals surface area (Å²) < 4.78 is 11.2. The van der Waals surface area contributed by atoms with Crippen LogP contribution in [0.4, 0.5) is 10.6 Å². The Hall–Kier alpha value is -4.67. The molecule has 3 heterocycles. The highest BCUT2D eigenvalue weighted by Crippen LogP contribution is 2.25. The van der Waals surface area contributed by atoms with E-state index in [0.29, 0.717) is 69.3 Å². The van der Waals surface area contributed by atoms with Crippen molar-refractivity contribution in [3.63, 3.8) is 0 Å². The summed E-state index contributed by atoms with van der Waals surface area (Å²) in [6, 6.07) is 15.4. The standard InChI is InChI=1S/C33H41N7O4/c1-6-38(32(42)44-33(3,4)5)22-23-11-13-25(14-12-23)31(41)40-17-15-39(16-18-40)30-27-21-34-37-29(27)35-28(36-30)20-24-9-8-10-26(19-24)43-7-2/h8-14,19,21H,6-7,15-18,20,22H2,1-5H3,(H,34,35,36,37). The average molecular weight is 600 g/mol. The lowest BCUT2D eigenvalue weighted by molar-refractivity contribution is 0.0244. The molecule has 0 aliphatic carbocycles. The number of fused-ring (bicyclic) bond motifs is 1. The fourth-order valence-corrected chi connectivity index (χ4v) is 5.19. The van der Waals surface area contributed by atoms with Crippen molar-refractivity contribution in [2.24, 2.45) is 0 Å². The monoisotopic (exact) mass is 599 g/mol. The number of carbonyl (C=O) groups is 2. The molecule has 2 aromatic heterocycles. The second-order valence-electron chi connectivity index (χ2n) is 11.8. The van der Waals surface area contributed by atoms with E-state index in [2.05, 4.69) is 15.1 Å². The van der Waals surface area contributed by atoms with Gasteiger partial charge in [0.2, 0.25) is 0 Å². The van der Waals surface area contributed by atoms with Crippen molar-refractivity contribution in [2.45, 2.75) is 53.2 Å². The molecule has 0 bridgehead atoms. The molecule has 0 atom stereocenters. The number of anilines is 1. The molecule has 1 N–H and O–H groups in total. The van der Waals surface area contributed by atoms with E-state index >= 15 is 0 Å². The Bertz CT molecular complexity index is 1590. The first-order valence-corrected chi connectivity index (χ1v) is 15.2. The molecule has 1 aliphatic heterocycles. The number of nitrogens with zero attached hydrogens (tertiary/aromatic N) is 6. The summed E-state index contributed by atoms with van der Waals surface area (Å²) in [5.41, 5.74) is 2.76. The van der Waals surface area contributed by atoms with Crippen LogP contribution in [0.2, 0.25) is 0 Å². The van der Waals surface area contributed by atoms with Crippen LogP contribution in [0.1, 0.15) is 61.9 Å². The molecule has 0 saturated carbocycles. The molecule has 2 amide bonds. The molecule has 11 nitrogen and oxygen atoms in total. The van der Waals surface area contributed by atoms with Gasteiger partial charge in [-0.15, -0.1) is 0 Å².